The number of amides is 1. The van der Waals surface area contributed by atoms with E-state index in [1.54, 1.807) is 24.7 Å². The van der Waals surface area contributed by atoms with Crippen LogP contribution in [0.2, 0.25) is 0 Å². The Morgan fingerprint density at radius 3 is 2.77 bits per heavy atom. The quantitative estimate of drug-likeness (QED) is 0.569. The van der Waals surface area contributed by atoms with Crippen LogP contribution in [0.4, 0.5) is 5.69 Å². The van der Waals surface area contributed by atoms with Crippen LogP contribution in [-0.4, -0.2) is 20.4 Å². The van der Waals surface area contributed by atoms with Crippen molar-refractivity contribution < 1.29 is 9.21 Å². The fourth-order valence-corrected chi connectivity index (χ4v) is 2.63. The zero-order valence-electron chi connectivity index (χ0n) is 14.1. The Morgan fingerprint density at radius 2 is 2.00 bits per heavy atom. The van der Waals surface area contributed by atoms with Gasteiger partial charge in [0.25, 0.3) is 0 Å². The number of pyridine rings is 1. The summed E-state index contributed by atoms with van der Waals surface area (Å²) >= 11 is 0. The molecule has 6 heteroatoms. The monoisotopic (exact) mass is 344 g/mol. The molecule has 3 heterocycles. The van der Waals surface area contributed by atoms with Gasteiger partial charge in [-0.3, -0.25) is 9.36 Å². The van der Waals surface area contributed by atoms with Crippen molar-refractivity contribution in [3.8, 4) is 5.82 Å². The van der Waals surface area contributed by atoms with Crippen molar-refractivity contribution in [2.24, 2.45) is 0 Å². The summed E-state index contributed by atoms with van der Waals surface area (Å²) in [6.45, 7) is 1.86. The van der Waals surface area contributed by atoms with Gasteiger partial charge in [0.1, 0.15) is 23.7 Å². The molecular formula is C20H16N4O2. The van der Waals surface area contributed by atoms with Crippen molar-refractivity contribution in [1.82, 2.24) is 14.5 Å². The molecule has 0 aliphatic heterocycles. The molecule has 0 unspecified atom stereocenters. The van der Waals surface area contributed by atoms with Gasteiger partial charge in [-0.1, -0.05) is 12.1 Å². The van der Waals surface area contributed by atoms with Gasteiger partial charge in [-0.25, -0.2) is 9.97 Å². The third-order valence-corrected chi connectivity index (χ3v) is 3.88. The molecule has 4 aromatic rings. The molecule has 1 amide bonds. The van der Waals surface area contributed by atoms with E-state index in [1.165, 1.54) is 6.08 Å². The Morgan fingerprint density at radius 1 is 1.12 bits per heavy atom. The average Bonchev–Trinajstić information content (AvgIpc) is 3.27. The van der Waals surface area contributed by atoms with E-state index in [1.807, 2.05) is 54.0 Å². The maximum atomic E-state index is 12.0. The summed E-state index contributed by atoms with van der Waals surface area (Å²) in [7, 11) is 0. The van der Waals surface area contributed by atoms with Gasteiger partial charge in [0.2, 0.25) is 5.91 Å². The highest BCUT2D eigenvalue weighted by atomic mass is 16.3. The fraction of sp³-hybridized carbons (Fsp3) is 0.0500. The first-order valence-electron chi connectivity index (χ1n) is 8.13. The SMILES string of the molecule is Cc1ccc(C=CC(=O)Nc2ccc(-n3cnc4ccccc43)nc2)o1. The minimum Gasteiger partial charge on any atom is -0.462 e. The highest BCUT2D eigenvalue weighted by molar-refractivity contribution is 6.01. The third-order valence-electron chi connectivity index (χ3n) is 3.88. The van der Waals surface area contributed by atoms with Crippen molar-refractivity contribution in [1.29, 1.82) is 0 Å². The molecule has 0 radical (unpaired) electrons. The first-order chi connectivity index (χ1) is 12.7. The predicted molar refractivity (Wildman–Crippen MR) is 100.0 cm³/mol. The van der Waals surface area contributed by atoms with Crippen molar-refractivity contribution in [3.05, 3.63) is 78.7 Å². The number of hydrogen-bond donors (Lipinski definition) is 1. The number of para-hydroxylation sites is 2. The second-order valence-corrected chi connectivity index (χ2v) is 5.78. The Bertz CT molecular complexity index is 1090. The molecular weight excluding hydrogens is 328 g/mol. The lowest BCUT2D eigenvalue weighted by Gasteiger charge is -2.05. The highest BCUT2D eigenvalue weighted by Crippen LogP contribution is 2.17. The molecule has 0 fully saturated rings. The van der Waals surface area contributed by atoms with Crippen LogP contribution in [0.15, 0.2) is 71.5 Å². The lowest BCUT2D eigenvalue weighted by atomic mass is 10.3. The summed E-state index contributed by atoms with van der Waals surface area (Å²) in [5, 5.41) is 2.77. The summed E-state index contributed by atoms with van der Waals surface area (Å²) in [4.78, 5) is 20.8. The number of fused-ring (bicyclic) bond motifs is 1. The molecule has 0 atom stereocenters. The van der Waals surface area contributed by atoms with Crippen molar-refractivity contribution in [2.75, 3.05) is 5.32 Å². The number of imidazole rings is 1. The Labute approximate surface area is 149 Å². The van der Waals surface area contributed by atoms with E-state index in [2.05, 4.69) is 15.3 Å². The van der Waals surface area contributed by atoms with Crippen LogP contribution in [-0.2, 0) is 4.79 Å². The summed E-state index contributed by atoms with van der Waals surface area (Å²) in [6, 6.07) is 15.1. The van der Waals surface area contributed by atoms with Gasteiger partial charge in [0.15, 0.2) is 0 Å². The number of nitrogens with zero attached hydrogens (tertiary/aromatic N) is 3. The van der Waals surface area contributed by atoms with Crippen molar-refractivity contribution in [3.63, 3.8) is 0 Å². The third kappa shape index (κ3) is 3.25. The molecule has 128 valence electrons. The Balaban J connectivity index is 1.47. The number of aromatic nitrogens is 3. The molecule has 0 aliphatic rings. The number of furan rings is 1. The van der Waals surface area contributed by atoms with Crippen LogP contribution in [0.3, 0.4) is 0 Å². The second kappa shape index (κ2) is 6.68. The van der Waals surface area contributed by atoms with Crippen molar-refractivity contribution >= 4 is 28.7 Å². The second-order valence-electron chi connectivity index (χ2n) is 5.78. The fourth-order valence-electron chi connectivity index (χ4n) is 2.63. The average molecular weight is 344 g/mol. The molecule has 0 aliphatic carbocycles. The van der Waals surface area contributed by atoms with Gasteiger partial charge in [0, 0.05) is 6.08 Å². The largest absolute Gasteiger partial charge is 0.462 e. The Kier molecular flexibility index (Phi) is 4.07. The van der Waals surface area contributed by atoms with E-state index in [0.29, 0.717) is 11.4 Å². The molecule has 4 rings (SSSR count). The minimum absolute atomic E-state index is 0.248. The van der Waals surface area contributed by atoms with E-state index in [9.17, 15) is 4.79 Å². The number of nitrogens with one attached hydrogen (secondary N) is 1. The summed E-state index contributed by atoms with van der Waals surface area (Å²) < 4.78 is 7.29. The van der Waals surface area contributed by atoms with Gasteiger partial charge in [0.05, 0.1) is 22.9 Å². The lowest BCUT2D eigenvalue weighted by molar-refractivity contribution is -0.111. The highest BCUT2D eigenvalue weighted by Gasteiger charge is 2.05. The first kappa shape index (κ1) is 15.8. The first-order valence-corrected chi connectivity index (χ1v) is 8.13. The number of anilines is 1. The number of rotatable bonds is 4. The maximum absolute atomic E-state index is 12.0. The smallest absolute Gasteiger partial charge is 0.248 e. The van der Waals surface area contributed by atoms with Crippen LogP contribution in [0.5, 0.6) is 0 Å². The number of carbonyl (C=O) groups is 1. The molecule has 26 heavy (non-hydrogen) atoms. The van der Waals surface area contributed by atoms with E-state index in [4.69, 9.17) is 4.42 Å². The topological polar surface area (TPSA) is 73.0 Å². The van der Waals surface area contributed by atoms with E-state index >= 15 is 0 Å². The molecule has 6 nitrogen and oxygen atoms in total. The van der Waals surface area contributed by atoms with Gasteiger partial charge >= 0.3 is 0 Å². The lowest BCUT2D eigenvalue weighted by Crippen LogP contribution is -2.08. The van der Waals surface area contributed by atoms with Crippen LogP contribution in [0.25, 0.3) is 22.9 Å². The molecule has 3 aromatic heterocycles. The molecule has 1 N–H and O–H groups in total. The van der Waals surface area contributed by atoms with Crippen molar-refractivity contribution in [2.45, 2.75) is 6.92 Å². The number of carbonyl (C=O) groups excluding carboxylic acids is 1. The summed E-state index contributed by atoms with van der Waals surface area (Å²) in [5.74, 6) is 1.93. The standard InChI is InChI=1S/C20H16N4O2/c1-14-6-8-16(26-14)9-11-20(25)23-15-7-10-19(21-12-15)24-13-22-17-4-2-3-5-18(17)24/h2-13H,1H3,(H,23,25). The van der Waals surface area contributed by atoms with E-state index < -0.39 is 0 Å². The molecule has 1 aromatic carbocycles. The van der Waals surface area contributed by atoms with E-state index in [0.717, 1.165) is 22.6 Å². The Hall–Kier alpha value is -3.67. The minimum atomic E-state index is -0.248. The van der Waals surface area contributed by atoms with Crippen LogP contribution < -0.4 is 5.32 Å². The molecule has 0 saturated carbocycles. The van der Waals surface area contributed by atoms with E-state index in [-0.39, 0.29) is 5.91 Å². The predicted octanol–water partition coefficient (Wildman–Crippen LogP) is 3.97. The maximum Gasteiger partial charge on any atom is 0.248 e. The van der Waals surface area contributed by atoms with Gasteiger partial charge in [-0.2, -0.15) is 0 Å². The summed E-state index contributed by atoms with van der Waals surface area (Å²) in [5.41, 5.74) is 2.50. The molecule has 0 spiro atoms. The number of hydrogen-bond acceptors (Lipinski definition) is 4. The van der Waals surface area contributed by atoms with Crippen LogP contribution in [0, 0.1) is 6.92 Å². The summed E-state index contributed by atoms with van der Waals surface area (Å²) in [6.07, 6.45) is 6.41. The van der Waals surface area contributed by atoms with Crippen LogP contribution >= 0.6 is 0 Å². The zero-order valence-corrected chi connectivity index (χ0v) is 14.1. The number of benzene rings is 1. The van der Waals surface area contributed by atoms with Gasteiger partial charge in [-0.15, -0.1) is 0 Å². The molecule has 0 saturated heterocycles. The van der Waals surface area contributed by atoms with Gasteiger partial charge < -0.3 is 9.73 Å². The zero-order chi connectivity index (χ0) is 17.9. The molecule has 0 bridgehead atoms. The van der Waals surface area contributed by atoms with Gasteiger partial charge in [-0.05, 0) is 49.4 Å². The van der Waals surface area contributed by atoms with Crippen LogP contribution in [0.1, 0.15) is 11.5 Å². The normalized spacial score (nSPS) is 11.3. The number of aryl methyl sites for hydroxylation is 1.